The lowest BCUT2D eigenvalue weighted by molar-refractivity contribution is 0.0597. The molecule has 0 spiro atoms. The summed E-state index contributed by atoms with van der Waals surface area (Å²) in [6.45, 7) is 0.241. The number of carbonyl (C=O) groups excluding carboxylic acids is 2. The Labute approximate surface area is 99.6 Å². The van der Waals surface area contributed by atoms with E-state index >= 15 is 0 Å². The molecule has 0 bridgehead atoms. The first-order chi connectivity index (χ1) is 7.95. The highest BCUT2D eigenvalue weighted by atomic mass is 16.5. The summed E-state index contributed by atoms with van der Waals surface area (Å²) in [4.78, 5) is 24.8. The van der Waals surface area contributed by atoms with Crippen molar-refractivity contribution in [2.24, 2.45) is 0 Å². The van der Waals surface area contributed by atoms with Crippen molar-refractivity contribution in [3.8, 4) is 5.75 Å². The summed E-state index contributed by atoms with van der Waals surface area (Å²) in [5, 5.41) is 9.48. The monoisotopic (exact) mass is 237 g/mol. The van der Waals surface area contributed by atoms with Gasteiger partial charge in [0, 0.05) is 5.56 Å². The molecule has 1 rings (SSSR count). The number of nitrogens with zero attached hydrogens (tertiary/aromatic N) is 1. The van der Waals surface area contributed by atoms with Gasteiger partial charge in [-0.3, -0.25) is 4.79 Å². The van der Waals surface area contributed by atoms with Crippen LogP contribution in [0.1, 0.15) is 20.7 Å². The highest BCUT2D eigenvalue weighted by Gasteiger charge is 2.15. The number of phenols is 1. The lowest BCUT2D eigenvalue weighted by atomic mass is 10.1. The molecule has 5 heteroatoms. The van der Waals surface area contributed by atoms with Gasteiger partial charge in [-0.15, -0.1) is 0 Å². The molecule has 5 nitrogen and oxygen atoms in total. The zero-order valence-corrected chi connectivity index (χ0v) is 10.1. The number of ether oxygens (including phenoxy) is 1. The van der Waals surface area contributed by atoms with Gasteiger partial charge in [-0.2, -0.15) is 0 Å². The van der Waals surface area contributed by atoms with E-state index in [-0.39, 0.29) is 23.6 Å². The smallest absolute Gasteiger partial charge is 0.341 e. The second kappa shape index (κ2) is 5.45. The Balaban J connectivity index is 3.04. The van der Waals surface area contributed by atoms with Crippen molar-refractivity contribution in [2.45, 2.75) is 0 Å². The van der Waals surface area contributed by atoms with Crippen LogP contribution >= 0.6 is 0 Å². The van der Waals surface area contributed by atoms with Crippen LogP contribution in [0.4, 0.5) is 0 Å². The summed E-state index contributed by atoms with van der Waals surface area (Å²) in [6, 6.07) is 4.13. The molecule has 0 amide bonds. The average molecular weight is 237 g/mol. The summed E-state index contributed by atoms with van der Waals surface area (Å²) < 4.78 is 4.51. The third kappa shape index (κ3) is 3.29. The normalized spacial score (nSPS) is 10.4. The van der Waals surface area contributed by atoms with Crippen LogP contribution in [-0.4, -0.2) is 49.5 Å². The molecule has 0 radical (unpaired) electrons. The summed E-state index contributed by atoms with van der Waals surface area (Å²) in [5.41, 5.74) is 0.369. The molecule has 0 heterocycles. The second-order valence-corrected chi connectivity index (χ2v) is 3.88. The molecule has 0 aliphatic rings. The molecule has 0 saturated carbocycles. The number of carbonyl (C=O) groups is 2. The zero-order chi connectivity index (χ0) is 13.0. The fourth-order valence-corrected chi connectivity index (χ4v) is 1.36. The molecule has 0 aliphatic carbocycles. The number of benzene rings is 1. The molecule has 0 aromatic heterocycles. The Morgan fingerprint density at radius 2 is 2.00 bits per heavy atom. The van der Waals surface area contributed by atoms with Crippen LogP contribution in [0.5, 0.6) is 5.75 Å². The van der Waals surface area contributed by atoms with Gasteiger partial charge >= 0.3 is 5.97 Å². The van der Waals surface area contributed by atoms with Gasteiger partial charge in [0.1, 0.15) is 11.3 Å². The fraction of sp³-hybridized carbons (Fsp3) is 0.333. The van der Waals surface area contributed by atoms with E-state index in [1.54, 1.807) is 19.0 Å². The molecule has 1 aromatic rings. The predicted octanol–water partition coefficient (Wildman–Crippen LogP) is 0.923. The summed E-state index contributed by atoms with van der Waals surface area (Å²) in [5.74, 6) is -0.986. The highest BCUT2D eigenvalue weighted by Crippen LogP contribution is 2.19. The molecule has 92 valence electrons. The number of esters is 1. The molecular weight excluding hydrogens is 222 g/mol. The third-order valence-corrected chi connectivity index (χ3v) is 2.18. The minimum Gasteiger partial charge on any atom is -0.507 e. The van der Waals surface area contributed by atoms with E-state index in [1.165, 1.54) is 25.3 Å². The Kier molecular flexibility index (Phi) is 4.23. The number of hydrogen-bond acceptors (Lipinski definition) is 5. The number of methoxy groups -OCH3 is 1. The maximum atomic E-state index is 11.8. The second-order valence-electron chi connectivity index (χ2n) is 3.88. The van der Waals surface area contributed by atoms with Crippen LogP contribution in [0.25, 0.3) is 0 Å². The van der Waals surface area contributed by atoms with Crippen LogP contribution in [0.2, 0.25) is 0 Å². The zero-order valence-electron chi connectivity index (χ0n) is 10.1. The first-order valence-corrected chi connectivity index (χ1v) is 5.05. The van der Waals surface area contributed by atoms with Crippen molar-refractivity contribution >= 4 is 11.8 Å². The van der Waals surface area contributed by atoms with Crippen LogP contribution in [0, 0.1) is 0 Å². The van der Waals surface area contributed by atoms with Gasteiger partial charge in [0.25, 0.3) is 0 Å². The quantitative estimate of drug-likeness (QED) is 0.623. The fourth-order valence-electron chi connectivity index (χ4n) is 1.36. The van der Waals surface area contributed by atoms with Gasteiger partial charge < -0.3 is 14.7 Å². The third-order valence-electron chi connectivity index (χ3n) is 2.18. The average Bonchev–Trinajstić information content (AvgIpc) is 2.27. The van der Waals surface area contributed by atoms with Crippen molar-refractivity contribution in [3.63, 3.8) is 0 Å². The van der Waals surface area contributed by atoms with Gasteiger partial charge in [-0.1, -0.05) is 0 Å². The Bertz CT molecular complexity index is 440. The van der Waals surface area contributed by atoms with E-state index in [2.05, 4.69) is 4.74 Å². The lowest BCUT2D eigenvalue weighted by Crippen LogP contribution is -2.21. The van der Waals surface area contributed by atoms with E-state index in [0.29, 0.717) is 5.56 Å². The van der Waals surface area contributed by atoms with Crippen LogP contribution in [0.3, 0.4) is 0 Å². The Morgan fingerprint density at radius 3 is 2.53 bits per heavy atom. The van der Waals surface area contributed by atoms with Crippen LogP contribution in [0.15, 0.2) is 18.2 Å². The minimum absolute atomic E-state index is 0.00268. The van der Waals surface area contributed by atoms with Gasteiger partial charge in [-0.25, -0.2) is 4.79 Å². The number of aromatic hydroxyl groups is 1. The summed E-state index contributed by atoms with van der Waals surface area (Å²) >= 11 is 0. The molecule has 17 heavy (non-hydrogen) atoms. The van der Waals surface area contributed by atoms with E-state index in [0.717, 1.165) is 0 Å². The van der Waals surface area contributed by atoms with Crippen molar-refractivity contribution in [1.82, 2.24) is 4.90 Å². The van der Waals surface area contributed by atoms with E-state index in [9.17, 15) is 14.7 Å². The number of hydrogen-bond donors (Lipinski definition) is 1. The SMILES string of the molecule is COC(=O)c1cc(C(=O)CN(C)C)ccc1O. The summed E-state index contributed by atoms with van der Waals surface area (Å²) in [7, 11) is 4.77. The number of ketones is 1. The standard InChI is InChI=1S/C12H15NO4/c1-13(2)7-11(15)8-4-5-10(14)9(6-8)12(16)17-3/h4-6,14H,7H2,1-3H3. The largest absolute Gasteiger partial charge is 0.507 e. The molecule has 0 fully saturated rings. The number of phenolic OH excluding ortho intramolecular Hbond substituents is 1. The minimum atomic E-state index is -0.665. The first kappa shape index (κ1) is 13.2. The molecule has 0 aliphatic heterocycles. The van der Waals surface area contributed by atoms with E-state index < -0.39 is 5.97 Å². The van der Waals surface area contributed by atoms with Crippen LogP contribution in [-0.2, 0) is 4.74 Å². The lowest BCUT2D eigenvalue weighted by Gasteiger charge is -2.09. The van der Waals surface area contributed by atoms with Crippen LogP contribution < -0.4 is 0 Å². The Morgan fingerprint density at radius 1 is 1.35 bits per heavy atom. The summed E-state index contributed by atoms with van der Waals surface area (Å²) in [6.07, 6.45) is 0. The molecular formula is C12H15NO4. The molecule has 0 saturated heterocycles. The van der Waals surface area contributed by atoms with E-state index in [4.69, 9.17) is 0 Å². The van der Waals surface area contributed by atoms with Gasteiger partial charge in [0.05, 0.1) is 13.7 Å². The van der Waals surface area contributed by atoms with Crippen molar-refractivity contribution in [2.75, 3.05) is 27.7 Å². The van der Waals surface area contributed by atoms with Gasteiger partial charge in [0.15, 0.2) is 5.78 Å². The first-order valence-electron chi connectivity index (χ1n) is 5.05. The number of Topliss-reactive ketones (excluding diaryl/α,β-unsaturated/α-hetero) is 1. The maximum absolute atomic E-state index is 11.8. The van der Waals surface area contributed by atoms with Gasteiger partial charge in [-0.05, 0) is 32.3 Å². The van der Waals surface area contributed by atoms with E-state index in [1.807, 2.05) is 0 Å². The molecule has 0 atom stereocenters. The van der Waals surface area contributed by atoms with Crippen molar-refractivity contribution in [3.05, 3.63) is 29.3 Å². The maximum Gasteiger partial charge on any atom is 0.341 e. The molecule has 0 unspecified atom stereocenters. The topological polar surface area (TPSA) is 66.8 Å². The Hall–Kier alpha value is -1.88. The predicted molar refractivity (Wildman–Crippen MR) is 62.3 cm³/mol. The van der Waals surface area contributed by atoms with Gasteiger partial charge in [0.2, 0.25) is 0 Å². The number of likely N-dealkylation sites (N-methyl/N-ethyl adjacent to an activating group) is 1. The van der Waals surface area contributed by atoms with Crippen molar-refractivity contribution < 1.29 is 19.4 Å². The number of rotatable bonds is 4. The highest BCUT2D eigenvalue weighted by molar-refractivity contribution is 6.01. The molecule has 1 aromatic carbocycles. The molecule has 1 N–H and O–H groups in total. The van der Waals surface area contributed by atoms with Crippen molar-refractivity contribution in [1.29, 1.82) is 0 Å².